The zero-order chi connectivity index (χ0) is 19.3. The van der Waals surface area contributed by atoms with Crippen molar-refractivity contribution in [1.82, 2.24) is 15.8 Å². The van der Waals surface area contributed by atoms with Crippen LogP contribution >= 0.6 is 11.8 Å². The van der Waals surface area contributed by atoms with Gasteiger partial charge in [0.1, 0.15) is 11.3 Å². The maximum Gasteiger partial charge on any atom is 0.344 e. The highest BCUT2D eigenvalue weighted by atomic mass is 32.2. The molecule has 140 valence electrons. The van der Waals surface area contributed by atoms with Gasteiger partial charge in [-0.25, -0.2) is 4.79 Å². The van der Waals surface area contributed by atoms with E-state index < -0.39 is 36.0 Å². The Kier molecular flexibility index (Phi) is 6.03. The first-order valence-electron chi connectivity index (χ1n) is 7.69. The van der Waals surface area contributed by atoms with Gasteiger partial charge in [-0.1, -0.05) is 6.92 Å². The van der Waals surface area contributed by atoms with Crippen LogP contribution in [-0.2, 0) is 19.1 Å². The van der Waals surface area contributed by atoms with E-state index in [0.717, 1.165) is 11.8 Å². The first-order chi connectivity index (χ1) is 12.3. The van der Waals surface area contributed by atoms with E-state index in [9.17, 15) is 24.4 Å². The van der Waals surface area contributed by atoms with Crippen molar-refractivity contribution in [3.8, 4) is 0 Å². The predicted octanol–water partition coefficient (Wildman–Crippen LogP) is -0.293. The minimum absolute atomic E-state index is 0.170. The van der Waals surface area contributed by atoms with E-state index in [1.165, 1.54) is 6.20 Å². The predicted molar refractivity (Wildman–Crippen MR) is 89.3 cm³/mol. The van der Waals surface area contributed by atoms with Crippen LogP contribution in [-0.4, -0.2) is 46.7 Å². The molecular formula is C15H18N4O6S. The molecule has 0 radical (unpaired) electrons. The summed E-state index contributed by atoms with van der Waals surface area (Å²) in [7, 11) is 0. The highest BCUT2D eigenvalue weighted by Crippen LogP contribution is 2.19. The molecule has 1 unspecified atom stereocenters. The third-order valence-electron chi connectivity index (χ3n) is 3.70. The summed E-state index contributed by atoms with van der Waals surface area (Å²) in [6.07, 6.45) is 1.65. The molecule has 2 heterocycles. The van der Waals surface area contributed by atoms with Crippen LogP contribution in [0.2, 0.25) is 0 Å². The molecule has 1 aliphatic heterocycles. The monoisotopic (exact) mass is 382 g/mol. The highest BCUT2D eigenvalue weighted by molar-refractivity contribution is 7.99. The van der Waals surface area contributed by atoms with Gasteiger partial charge < -0.3 is 15.3 Å². The van der Waals surface area contributed by atoms with Gasteiger partial charge in [0.2, 0.25) is 0 Å². The normalized spacial score (nSPS) is 19.2. The van der Waals surface area contributed by atoms with Crippen LogP contribution in [0.5, 0.6) is 0 Å². The molecule has 1 fully saturated rings. The average molecular weight is 382 g/mol. The Hall–Kier alpha value is -2.82. The molecule has 1 atom stereocenters. The van der Waals surface area contributed by atoms with Gasteiger partial charge in [0.15, 0.2) is 12.8 Å². The lowest BCUT2D eigenvalue weighted by Gasteiger charge is -2.19. The van der Waals surface area contributed by atoms with Crippen molar-refractivity contribution in [2.45, 2.75) is 30.8 Å². The van der Waals surface area contributed by atoms with E-state index in [1.54, 1.807) is 32.0 Å². The number of hydrazine groups is 1. The third kappa shape index (κ3) is 4.42. The molecule has 1 aliphatic rings. The van der Waals surface area contributed by atoms with Gasteiger partial charge >= 0.3 is 12.0 Å². The molecule has 1 aromatic heterocycles. The maximum absolute atomic E-state index is 12.1. The van der Waals surface area contributed by atoms with Gasteiger partial charge in [0.05, 0.1) is 0 Å². The Bertz CT molecular complexity index is 743. The van der Waals surface area contributed by atoms with E-state index in [2.05, 4.69) is 10.7 Å². The molecule has 2 rings (SSSR count). The number of thioether (sulfide) groups is 1. The van der Waals surface area contributed by atoms with Crippen LogP contribution in [0.4, 0.5) is 4.79 Å². The van der Waals surface area contributed by atoms with Crippen LogP contribution in [0.1, 0.15) is 20.3 Å². The molecule has 0 saturated carbocycles. The number of pyridine rings is 1. The lowest BCUT2D eigenvalue weighted by molar-refractivity contribution is -0.645. The number of hydrogen-bond acceptors (Lipinski definition) is 7. The Morgan fingerprint density at radius 3 is 2.77 bits per heavy atom. The van der Waals surface area contributed by atoms with Crippen molar-refractivity contribution >= 4 is 35.6 Å². The first-order valence-corrected chi connectivity index (χ1v) is 8.68. The second kappa shape index (κ2) is 8.04. The maximum atomic E-state index is 12.1. The van der Waals surface area contributed by atoms with Crippen molar-refractivity contribution in [2.24, 2.45) is 0 Å². The highest BCUT2D eigenvalue weighted by Gasteiger charge is 2.47. The Morgan fingerprint density at radius 1 is 1.42 bits per heavy atom. The number of esters is 1. The zero-order valence-electron chi connectivity index (χ0n) is 14.2. The standard InChI is InChI=1S/C15H18N4O6S/c1-3-15(2)13(22)19(14(23)16-15)17-10(20)8-25-12(21)9-26-11-6-4-5-7-18(11)24/h4-7H,3,8-9H2,1-2H3,(H,16,23)(H,17,20). The number of rotatable bonds is 7. The van der Waals surface area contributed by atoms with E-state index >= 15 is 0 Å². The number of amides is 4. The molecule has 1 aromatic rings. The topological polar surface area (TPSA) is 132 Å². The lowest BCUT2D eigenvalue weighted by atomic mass is 10.00. The minimum atomic E-state index is -1.08. The quantitative estimate of drug-likeness (QED) is 0.218. The zero-order valence-corrected chi connectivity index (χ0v) is 15.0. The van der Waals surface area contributed by atoms with E-state index in [-0.39, 0.29) is 5.75 Å². The summed E-state index contributed by atoms with van der Waals surface area (Å²) < 4.78 is 5.38. The van der Waals surface area contributed by atoms with Crippen LogP contribution in [0.15, 0.2) is 29.4 Å². The number of carbonyl (C=O) groups is 4. The molecule has 0 aromatic carbocycles. The summed E-state index contributed by atoms with van der Waals surface area (Å²) in [6.45, 7) is 2.61. The molecular weight excluding hydrogens is 364 g/mol. The smallest absolute Gasteiger partial charge is 0.344 e. The van der Waals surface area contributed by atoms with Crippen molar-refractivity contribution in [3.63, 3.8) is 0 Å². The molecule has 10 nitrogen and oxygen atoms in total. The molecule has 0 bridgehead atoms. The number of imide groups is 1. The van der Waals surface area contributed by atoms with Crippen LogP contribution < -0.4 is 15.5 Å². The molecule has 26 heavy (non-hydrogen) atoms. The number of nitrogens with zero attached hydrogens (tertiary/aromatic N) is 2. The number of urea groups is 1. The molecule has 1 saturated heterocycles. The van der Waals surface area contributed by atoms with Gasteiger partial charge in [-0.05, 0) is 31.2 Å². The summed E-state index contributed by atoms with van der Waals surface area (Å²) in [5.41, 5.74) is 1.02. The van der Waals surface area contributed by atoms with Crippen molar-refractivity contribution in [1.29, 1.82) is 0 Å². The van der Waals surface area contributed by atoms with Crippen LogP contribution in [0, 0.1) is 5.21 Å². The molecule has 2 N–H and O–H groups in total. The summed E-state index contributed by atoms with van der Waals surface area (Å²) in [4.78, 5) is 47.3. The number of nitrogens with one attached hydrogen (secondary N) is 2. The molecule has 11 heteroatoms. The van der Waals surface area contributed by atoms with Gasteiger partial charge in [-0.15, -0.1) is 0 Å². The van der Waals surface area contributed by atoms with Gasteiger partial charge in [0, 0.05) is 12.1 Å². The first kappa shape index (κ1) is 19.5. The Labute approximate surface area is 153 Å². The van der Waals surface area contributed by atoms with E-state index in [4.69, 9.17) is 4.74 Å². The molecule has 4 amide bonds. The van der Waals surface area contributed by atoms with Gasteiger partial charge in [-0.2, -0.15) is 9.74 Å². The van der Waals surface area contributed by atoms with Crippen molar-refractivity contribution < 1.29 is 28.6 Å². The molecule has 0 spiro atoms. The second-order valence-electron chi connectivity index (χ2n) is 5.61. The number of carbonyl (C=O) groups excluding carboxylic acids is 4. The molecule has 0 aliphatic carbocycles. The summed E-state index contributed by atoms with van der Waals surface area (Å²) in [6, 6.07) is 4.00. The minimum Gasteiger partial charge on any atom is -0.618 e. The summed E-state index contributed by atoms with van der Waals surface area (Å²) >= 11 is 0.959. The summed E-state index contributed by atoms with van der Waals surface area (Å²) in [5, 5.41) is 14.8. The average Bonchev–Trinajstić information content (AvgIpc) is 2.83. The van der Waals surface area contributed by atoms with Crippen molar-refractivity contribution in [2.75, 3.05) is 12.4 Å². The van der Waals surface area contributed by atoms with Crippen molar-refractivity contribution in [3.05, 3.63) is 29.6 Å². The number of ether oxygens (including phenoxy) is 1. The summed E-state index contributed by atoms with van der Waals surface area (Å²) in [5.74, 6) is -2.31. The fraction of sp³-hybridized carbons (Fsp3) is 0.400. The lowest BCUT2D eigenvalue weighted by Crippen LogP contribution is -2.49. The van der Waals surface area contributed by atoms with Crippen LogP contribution in [0.25, 0.3) is 0 Å². The second-order valence-corrected chi connectivity index (χ2v) is 6.60. The SMILES string of the molecule is CCC1(C)NC(=O)N(NC(=O)COC(=O)CSc2cccc[n+]2[O-])C1=O. The Morgan fingerprint density at radius 2 is 2.15 bits per heavy atom. The fourth-order valence-corrected chi connectivity index (χ4v) is 2.74. The fourth-order valence-electron chi connectivity index (χ4n) is 2.03. The number of hydrogen-bond donors (Lipinski definition) is 2. The Balaban J connectivity index is 1.78. The van der Waals surface area contributed by atoms with Crippen LogP contribution in [0.3, 0.4) is 0 Å². The van der Waals surface area contributed by atoms with E-state index in [1.807, 2.05) is 0 Å². The largest absolute Gasteiger partial charge is 0.618 e. The third-order valence-corrected chi connectivity index (χ3v) is 4.69. The number of aromatic nitrogens is 1. The van der Waals surface area contributed by atoms with Gasteiger partial charge in [0.25, 0.3) is 16.8 Å². The van der Waals surface area contributed by atoms with E-state index in [0.29, 0.717) is 21.2 Å². The van der Waals surface area contributed by atoms with Gasteiger partial charge in [-0.3, -0.25) is 19.8 Å².